The van der Waals surface area contributed by atoms with Crippen LogP contribution in [0.25, 0.3) is 6.08 Å². The molecule has 108 valence electrons. The SMILES string of the molecule is O=C(O)/C=C/c1ccc(Oc2ccc(F)cc2Br)cc1Br. The zero-order valence-electron chi connectivity index (χ0n) is 10.5. The molecule has 0 aliphatic rings. The van der Waals surface area contributed by atoms with E-state index in [1.807, 2.05) is 0 Å². The monoisotopic (exact) mass is 414 g/mol. The molecule has 0 radical (unpaired) electrons. The highest BCUT2D eigenvalue weighted by Crippen LogP contribution is 2.32. The summed E-state index contributed by atoms with van der Waals surface area (Å²) in [6, 6.07) is 9.26. The molecule has 0 aliphatic carbocycles. The van der Waals surface area contributed by atoms with E-state index in [4.69, 9.17) is 9.84 Å². The Labute approximate surface area is 137 Å². The van der Waals surface area contributed by atoms with Gasteiger partial charge in [0.15, 0.2) is 0 Å². The van der Waals surface area contributed by atoms with Crippen LogP contribution in [0.3, 0.4) is 0 Å². The first-order valence-corrected chi connectivity index (χ1v) is 7.38. The predicted octanol–water partition coefficient (Wildman–Crippen LogP) is 5.24. The maximum atomic E-state index is 13.0. The summed E-state index contributed by atoms with van der Waals surface area (Å²) in [6.45, 7) is 0. The molecule has 3 nitrogen and oxygen atoms in total. The second kappa shape index (κ2) is 6.87. The summed E-state index contributed by atoms with van der Waals surface area (Å²) in [5.41, 5.74) is 0.711. The molecule has 21 heavy (non-hydrogen) atoms. The number of aliphatic carboxylic acids is 1. The predicted molar refractivity (Wildman–Crippen MR) is 85.0 cm³/mol. The second-order valence-corrected chi connectivity index (χ2v) is 5.74. The number of hydrogen-bond donors (Lipinski definition) is 1. The van der Waals surface area contributed by atoms with Gasteiger partial charge in [0.1, 0.15) is 17.3 Å². The maximum absolute atomic E-state index is 13.0. The molecule has 0 aromatic heterocycles. The van der Waals surface area contributed by atoms with E-state index in [0.717, 1.165) is 6.08 Å². The molecule has 2 aromatic carbocycles. The molecule has 0 unspecified atom stereocenters. The molecule has 2 rings (SSSR count). The van der Waals surface area contributed by atoms with Crippen LogP contribution in [-0.4, -0.2) is 11.1 Å². The lowest BCUT2D eigenvalue weighted by Crippen LogP contribution is -1.89. The van der Waals surface area contributed by atoms with Gasteiger partial charge in [-0.25, -0.2) is 9.18 Å². The highest BCUT2D eigenvalue weighted by atomic mass is 79.9. The van der Waals surface area contributed by atoms with Crippen LogP contribution in [-0.2, 0) is 4.79 Å². The Kier molecular flexibility index (Phi) is 5.14. The van der Waals surface area contributed by atoms with E-state index in [0.29, 0.717) is 26.0 Å². The summed E-state index contributed by atoms with van der Waals surface area (Å²) in [5.74, 6) is -0.346. The average molecular weight is 416 g/mol. The number of carboxylic acids is 1. The topological polar surface area (TPSA) is 46.5 Å². The summed E-state index contributed by atoms with van der Waals surface area (Å²) >= 11 is 6.57. The van der Waals surface area contributed by atoms with Crippen molar-refractivity contribution in [3.05, 3.63) is 62.8 Å². The zero-order chi connectivity index (χ0) is 15.4. The van der Waals surface area contributed by atoms with E-state index in [2.05, 4.69) is 31.9 Å². The van der Waals surface area contributed by atoms with Crippen LogP contribution in [0.15, 0.2) is 51.4 Å². The van der Waals surface area contributed by atoms with Gasteiger partial charge in [-0.15, -0.1) is 0 Å². The van der Waals surface area contributed by atoms with Crippen LogP contribution in [0.5, 0.6) is 11.5 Å². The molecule has 0 saturated heterocycles. The average Bonchev–Trinajstić information content (AvgIpc) is 2.41. The van der Waals surface area contributed by atoms with E-state index < -0.39 is 5.97 Å². The van der Waals surface area contributed by atoms with E-state index in [9.17, 15) is 9.18 Å². The van der Waals surface area contributed by atoms with Crippen molar-refractivity contribution in [2.75, 3.05) is 0 Å². The quantitative estimate of drug-likeness (QED) is 0.694. The molecule has 0 heterocycles. The third kappa shape index (κ3) is 4.41. The molecule has 0 atom stereocenters. The largest absolute Gasteiger partial charge is 0.478 e. The van der Waals surface area contributed by atoms with Gasteiger partial charge in [0, 0.05) is 10.5 Å². The minimum atomic E-state index is -1.02. The third-order valence-electron chi connectivity index (χ3n) is 2.50. The third-order valence-corrected chi connectivity index (χ3v) is 3.81. The first kappa shape index (κ1) is 15.7. The number of ether oxygens (including phenoxy) is 1. The van der Waals surface area contributed by atoms with Crippen LogP contribution in [0.2, 0.25) is 0 Å². The molecule has 0 amide bonds. The molecule has 1 N–H and O–H groups in total. The van der Waals surface area contributed by atoms with Crippen molar-refractivity contribution >= 4 is 43.9 Å². The van der Waals surface area contributed by atoms with Gasteiger partial charge in [0.2, 0.25) is 0 Å². The van der Waals surface area contributed by atoms with Crippen molar-refractivity contribution in [3.63, 3.8) is 0 Å². The fourth-order valence-electron chi connectivity index (χ4n) is 1.55. The minimum absolute atomic E-state index is 0.357. The number of hydrogen-bond acceptors (Lipinski definition) is 2. The summed E-state index contributed by atoms with van der Waals surface area (Å²) in [6.07, 6.45) is 2.53. The highest BCUT2D eigenvalue weighted by Gasteiger charge is 2.06. The van der Waals surface area contributed by atoms with Crippen molar-refractivity contribution in [3.8, 4) is 11.5 Å². The first-order chi connectivity index (χ1) is 9.95. The van der Waals surface area contributed by atoms with E-state index in [-0.39, 0.29) is 5.82 Å². The Hall–Kier alpha value is -1.66. The van der Waals surface area contributed by atoms with Crippen LogP contribution in [0.1, 0.15) is 5.56 Å². The molecule has 0 bridgehead atoms. The van der Waals surface area contributed by atoms with Gasteiger partial charge in [0.05, 0.1) is 4.47 Å². The summed E-state index contributed by atoms with van der Waals surface area (Å²) in [5, 5.41) is 8.61. The lowest BCUT2D eigenvalue weighted by Gasteiger charge is -2.09. The Morgan fingerprint density at radius 1 is 1.14 bits per heavy atom. The maximum Gasteiger partial charge on any atom is 0.328 e. The summed E-state index contributed by atoms with van der Waals surface area (Å²) < 4.78 is 19.8. The van der Waals surface area contributed by atoms with Crippen LogP contribution in [0, 0.1) is 5.82 Å². The number of rotatable bonds is 4. The van der Waals surface area contributed by atoms with E-state index in [1.165, 1.54) is 24.3 Å². The molecule has 2 aromatic rings. The van der Waals surface area contributed by atoms with Gasteiger partial charge in [-0.1, -0.05) is 22.0 Å². The number of carbonyl (C=O) groups is 1. The van der Waals surface area contributed by atoms with Gasteiger partial charge < -0.3 is 9.84 Å². The van der Waals surface area contributed by atoms with Crippen molar-refractivity contribution in [2.24, 2.45) is 0 Å². The van der Waals surface area contributed by atoms with Crippen LogP contribution >= 0.6 is 31.9 Å². The standard InChI is InChI=1S/C15H9Br2FO3/c16-12-8-11(4-1-9(12)2-6-15(19)20)21-14-5-3-10(18)7-13(14)17/h1-8H,(H,19,20)/b6-2+. The number of benzene rings is 2. The first-order valence-electron chi connectivity index (χ1n) is 5.79. The smallest absolute Gasteiger partial charge is 0.328 e. The van der Waals surface area contributed by atoms with Crippen molar-refractivity contribution in [2.45, 2.75) is 0 Å². The number of carboxylic acid groups (broad SMARTS) is 1. The van der Waals surface area contributed by atoms with Crippen molar-refractivity contribution in [1.29, 1.82) is 0 Å². The fourth-order valence-corrected chi connectivity index (χ4v) is 2.47. The lowest BCUT2D eigenvalue weighted by atomic mass is 10.2. The Morgan fingerprint density at radius 2 is 1.90 bits per heavy atom. The van der Waals surface area contributed by atoms with Crippen molar-refractivity contribution in [1.82, 2.24) is 0 Å². The normalized spacial score (nSPS) is 10.8. The molecular formula is C15H9Br2FO3. The molecule has 6 heteroatoms. The molecule has 0 saturated carbocycles. The minimum Gasteiger partial charge on any atom is -0.478 e. The van der Waals surface area contributed by atoms with Gasteiger partial charge in [-0.2, -0.15) is 0 Å². The van der Waals surface area contributed by atoms with Gasteiger partial charge in [-0.3, -0.25) is 0 Å². The highest BCUT2D eigenvalue weighted by molar-refractivity contribution is 9.10. The Morgan fingerprint density at radius 3 is 2.52 bits per heavy atom. The fraction of sp³-hybridized carbons (Fsp3) is 0. The molecular weight excluding hydrogens is 407 g/mol. The van der Waals surface area contributed by atoms with E-state index >= 15 is 0 Å². The summed E-state index contributed by atoms with van der Waals surface area (Å²) in [7, 11) is 0. The zero-order valence-corrected chi connectivity index (χ0v) is 13.7. The van der Waals surface area contributed by atoms with Gasteiger partial charge >= 0.3 is 5.97 Å². The van der Waals surface area contributed by atoms with E-state index in [1.54, 1.807) is 18.2 Å². The second-order valence-electron chi connectivity index (χ2n) is 4.03. The molecule has 0 spiro atoms. The Balaban J connectivity index is 2.22. The van der Waals surface area contributed by atoms with Crippen LogP contribution < -0.4 is 4.74 Å². The van der Waals surface area contributed by atoms with Crippen LogP contribution in [0.4, 0.5) is 4.39 Å². The molecule has 0 aliphatic heterocycles. The van der Waals surface area contributed by atoms with Gasteiger partial charge in [0.25, 0.3) is 0 Å². The van der Waals surface area contributed by atoms with Crippen molar-refractivity contribution < 1.29 is 19.0 Å². The lowest BCUT2D eigenvalue weighted by molar-refractivity contribution is -0.131. The van der Waals surface area contributed by atoms with Gasteiger partial charge in [-0.05, 0) is 57.9 Å². The number of halogens is 3. The summed E-state index contributed by atoms with van der Waals surface area (Å²) in [4.78, 5) is 10.5. The molecule has 0 fully saturated rings. The Bertz CT molecular complexity index is 714.